The van der Waals surface area contributed by atoms with Gasteiger partial charge in [-0.3, -0.25) is 4.79 Å². The van der Waals surface area contributed by atoms with E-state index in [9.17, 15) is 9.59 Å². The summed E-state index contributed by atoms with van der Waals surface area (Å²) >= 11 is 3.39. The summed E-state index contributed by atoms with van der Waals surface area (Å²) in [5.41, 5.74) is 1.62. The molecule has 118 valence electrons. The Kier molecular flexibility index (Phi) is 6.11. The minimum absolute atomic E-state index is 0.00401. The predicted molar refractivity (Wildman–Crippen MR) is 91.5 cm³/mol. The van der Waals surface area contributed by atoms with E-state index in [1.165, 1.54) is 7.11 Å². The summed E-state index contributed by atoms with van der Waals surface area (Å²) in [6.45, 7) is 0.00401. The zero-order valence-electron chi connectivity index (χ0n) is 12.5. The lowest BCUT2D eigenvalue weighted by Crippen LogP contribution is -2.13. The normalized spacial score (nSPS) is 11.0. The van der Waals surface area contributed by atoms with Crippen molar-refractivity contribution >= 4 is 34.3 Å². The second-order valence-electron chi connectivity index (χ2n) is 4.66. The summed E-state index contributed by atoms with van der Waals surface area (Å²) in [7, 11) is 1.32. The Balaban J connectivity index is 2.23. The van der Waals surface area contributed by atoms with Crippen LogP contribution in [0.15, 0.2) is 58.6 Å². The molecule has 0 N–H and O–H groups in total. The van der Waals surface area contributed by atoms with E-state index in [1.54, 1.807) is 30.3 Å². The summed E-state index contributed by atoms with van der Waals surface area (Å²) in [6.07, 6.45) is 2.41. The number of halogens is 1. The third-order valence-corrected chi connectivity index (χ3v) is 3.56. The van der Waals surface area contributed by atoms with E-state index in [2.05, 4.69) is 15.9 Å². The Morgan fingerprint density at radius 1 is 1.17 bits per heavy atom. The summed E-state index contributed by atoms with van der Waals surface area (Å²) < 4.78 is 11.3. The number of rotatable bonds is 6. The van der Waals surface area contributed by atoms with Crippen LogP contribution in [0.25, 0.3) is 6.08 Å². The van der Waals surface area contributed by atoms with Crippen LogP contribution in [0.1, 0.15) is 15.9 Å². The summed E-state index contributed by atoms with van der Waals surface area (Å²) in [4.78, 5) is 22.9. The lowest BCUT2D eigenvalue weighted by Gasteiger charge is -2.10. The summed E-state index contributed by atoms with van der Waals surface area (Å²) in [6, 6.07) is 14.3. The van der Waals surface area contributed by atoms with Crippen LogP contribution >= 0.6 is 15.9 Å². The quantitative estimate of drug-likeness (QED) is 0.437. The Labute approximate surface area is 142 Å². The first-order valence-corrected chi connectivity index (χ1v) is 7.65. The van der Waals surface area contributed by atoms with E-state index in [0.29, 0.717) is 23.2 Å². The Morgan fingerprint density at radius 3 is 2.65 bits per heavy atom. The highest BCUT2D eigenvalue weighted by Gasteiger charge is 2.12. The first kappa shape index (κ1) is 17.0. The Morgan fingerprint density at radius 2 is 1.96 bits per heavy atom. The van der Waals surface area contributed by atoms with Crippen molar-refractivity contribution in [3.05, 3.63) is 69.7 Å². The van der Waals surface area contributed by atoms with Crippen molar-refractivity contribution in [3.8, 4) is 5.75 Å². The molecule has 0 aliphatic heterocycles. The van der Waals surface area contributed by atoms with E-state index < -0.39 is 5.97 Å². The molecule has 5 heteroatoms. The molecule has 2 aromatic rings. The molecule has 0 atom stereocenters. The van der Waals surface area contributed by atoms with Crippen LogP contribution in [0.5, 0.6) is 5.75 Å². The summed E-state index contributed by atoms with van der Waals surface area (Å²) in [5.74, 6) is -0.0555. The van der Waals surface area contributed by atoms with Crippen molar-refractivity contribution in [2.45, 2.75) is 0 Å². The fraction of sp³-hybridized carbons (Fsp3) is 0.111. The average molecular weight is 375 g/mol. The number of hydrogen-bond acceptors (Lipinski definition) is 4. The lowest BCUT2D eigenvalue weighted by molar-refractivity contribution is -0.136. The van der Waals surface area contributed by atoms with Crippen LogP contribution in [-0.2, 0) is 9.53 Å². The number of para-hydroxylation sites is 1. The number of aldehydes is 1. The molecule has 0 aromatic heterocycles. The van der Waals surface area contributed by atoms with Crippen molar-refractivity contribution in [1.82, 2.24) is 0 Å². The average Bonchev–Trinajstić information content (AvgIpc) is 2.58. The van der Waals surface area contributed by atoms with Gasteiger partial charge in [0.05, 0.1) is 18.2 Å². The van der Waals surface area contributed by atoms with Gasteiger partial charge in [0.2, 0.25) is 0 Å². The van der Waals surface area contributed by atoms with Crippen LogP contribution in [0.3, 0.4) is 0 Å². The Bertz CT molecular complexity index is 737. The van der Waals surface area contributed by atoms with Crippen LogP contribution in [0.4, 0.5) is 0 Å². The lowest BCUT2D eigenvalue weighted by atomic mass is 10.1. The van der Waals surface area contributed by atoms with Crippen LogP contribution < -0.4 is 4.74 Å². The van der Waals surface area contributed by atoms with E-state index in [0.717, 1.165) is 10.0 Å². The molecule has 23 heavy (non-hydrogen) atoms. The molecule has 0 saturated heterocycles. The van der Waals surface area contributed by atoms with Gasteiger partial charge < -0.3 is 9.47 Å². The van der Waals surface area contributed by atoms with Gasteiger partial charge in [0.25, 0.3) is 0 Å². The second-order valence-corrected chi connectivity index (χ2v) is 5.58. The number of carbonyl (C=O) groups is 2. The van der Waals surface area contributed by atoms with Crippen LogP contribution in [-0.4, -0.2) is 26.0 Å². The maximum absolute atomic E-state index is 11.9. The van der Waals surface area contributed by atoms with Gasteiger partial charge in [-0.2, -0.15) is 0 Å². The number of carbonyl (C=O) groups excluding carboxylic acids is 2. The first-order chi connectivity index (χ1) is 11.1. The number of hydrogen-bond donors (Lipinski definition) is 0. The van der Waals surface area contributed by atoms with E-state index in [-0.39, 0.29) is 6.61 Å². The molecule has 0 radical (unpaired) electrons. The first-order valence-electron chi connectivity index (χ1n) is 6.85. The molecule has 0 amide bonds. The molecule has 0 spiro atoms. The second kappa shape index (κ2) is 8.29. The molecule has 0 heterocycles. The maximum Gasteiger partial charge on any atom is 0.337 e. The van der Waals surface area contributed by atoms with Gasteiger partial charge in [-0.05, 0) is 35.9 Å². The van der Waals surface area contributed by atoms with E-state index in [4.69, 9.17) is 9.47 Å². The fourth-order valence-electron chi connectivity index (χ4n) is 1.95. The monoisotopic (exact) mass is 374 g/mol. The third kappa shape index (κ3) is 4.79. The molecule has 0 unspecified atom stereocenters. The number of ether oxygens (including phenoxy) is 2. The molecule has 0 aliphatic carbocycles. The van der Waals surface area contributed by atoms with Gasteiger partial charge in [-0.1, -0.05) is 40.2 Å². The zero-order valence-corrected chi connectivity index (χ0v) is 14.1. The number of methoxy groups -OCH3 is 1. The van der Waals surface area contributed by atoms with Crippen molar-refractivity contribution in [2.75, 3.05) is 13.7 Å². The van der Waals surface area contributed by atoms with Crippen LogP contribution in [0, 0.1) is 0 Å². The molecule has 0 saturated carbocycles. The highest BCUT2D eigenvalue weighted by Crippen LogP contribution is 2.19. The topological polar surface area (TPSA) is 52.6 Å². The zero-order chi connectivity index (χ0) is 16.7. The minimum Gasteiger partial charge on any atom is -0.488 e. The molecular formula is C18H15BrO4. The molecule has 2 aromatic carbocycles. The molecular weight excluding hydrogens is 360 g/mol. The molecule has 0 aliphatic rings. The van der Waals surface area contributed by atoms with E-state index >= 15 is 0 Å². The predicted octanol–water partition coefficient (Wildman–Crippen LogP) is 3.90. The van der Waals surface area contributed by atoms with Gasteiger partial charge >= 0.3 is 5.97 Å². The minimum atomic E-state index is -0.478. The SMILES string of the molecule is COC(=O)/C(=C/c1cccc(Br)c1)COc1ccccc1C=O. The van der Waals surface area contributed by atoms with Gasteiger partial charge in [0.1, 0.15) is 12.4 Å². The smallest absolute Gasteiger partial charge is 0.337 e. The highest BCUT2D eigenvalue weighted by atomic mass is 79.9. The van der Waals surface area contributed by atoms with Crippen molar-refractivity contribution in [2.24, 2.45) is 0 Å². The standard InChI is InChI=1S/C18H15BrO4/c1-22-18(21)15(9-13-5-4-7-16(19)10-13)12-23-17-8-3-2-6-14(17)11-20/h2-11H,12H2,1H3/b15-9+. The molecule has 4 nitrogen and oxygen atoms in total. The third-order valence-electron chi connectivity index (χ3n) is 3.07. The van der Waals surface area contributed by atoms with Crippen molar-refractivity contribution in [1.29, 1.82) is 0 Å². The number of benzene rings is 2. The van der Waals surface area contributed by atoms with Gasteiger partial charge in [-0.15, -0.1) is 0 Å². The largest absolute Gasteiger partial charge is 0.488 e. The fourth-order valence-corrected chi connectivity index (χ4v) is 2.37. The Hall–Kier alpha value is -2.40. The van der Waals surface area contributed by atoms with Gasteiger partial charge in [-0.25, -0.2) is 4.79 Å². The molecule has 2 rings (SSSR count). The van der Waals surface area contributed by atoms with Crippen LogP contribution in [0.2, 0.25) is 0 Å². The highest BCUT2D eigenvalue weighted by molar-refractivity contribution is 9.10. The van der Waals surface area contributed by atoms with Crippen molar-refractivity contribution in [3.63, 3.8) is 0 Å². The number of esters is 1. The summed E-state index contributed by atoms with van der Waals surface area (Å²) in [5, 5.41) is 0. The molecule has 0 fully saturated rings. The van der Waals surface area contributed by atoms with Gasteiger partial charge in [0, 0.05) is 4.47 Å². The van der Waals surface area contributed by atoms with E-state index in [1.807, 2.05) is 24.3 Å². The maximum atomic E-state index is 11.9. The molecule has 0 bridgehead atoms. The van der Waals surface area contributed by atoms with Gasteiger partial charge in [0.15, 0.2) is 6.29 Å². The van der Waals surface area contributed by atoms with Crippen molar-refractivity contribution < 1.29 is 19.1 Å².